The summed E-state index contributed by atoms with van der Waals surface area (Å²) in [7, 11) is 0. The lowest BCUT2D eigenvalue weighted by Crippen LogP contribution is -2.75. The molecule has 1 aromatic rings. The summed E-state index contributed by atoms with van der Waals surface area (Å²) in [4.78, 5) is 25.7. The number of aliphatic hydroxyl groups is 2. The summed E-state index contributed by atoms with van der Waals surface area (Å²) < 4.78 is 8.03. The largest absolute Gasteiger partial charge is 0.458 e. The number of hydrogen-bond acceptors (Lipinski definition) is 7. The van der Waals surface area contributed by atoms with Crippen molar-refractivity contribution < 1.29 is 29.2 Å². The van der Waals surface area contributed by atoms with Crippen molar-refractivity contribution in [1.82, 2.24) is 10.3 Å². The molecule has 9 nitrogen and oxygen atoms in total. The molecule has 0 saturated heterocycles. The number of Topliss-reactive ketones (excluding diaryl/α,β-unsaturated/α-hetero) is 1. The SMILES string of the molecule is CC(=O)O[C@H]1C[C@@]2(C)[C@@H](C[C@@H](O)[C@H]3[C@@]4(C)CC[C@@H](O)[C@](C)([n+]5cc(CN)n[nH]5)[C@@H]4CC[C@@]32C)/C1=C(\CCCC(C)C)C(C)=O. The van der Waals surface area contributed by atoms with Crippen molar-refractivity contribution in [1.29, 1.82) is 0 Å². The number of ketones is 1. The monoisotopic (exact) mass is 613 g/mol. The summed E-state index contributed by atoms with van der Waals surface area (Å²) in [5.41, 5.74) is 6.97. The molecule has 0 amide bonds. The first-order valence-corrected chi connectivity index (χ1v) is 17.0. The average Bonchev–Trinajstić information content (AvgIpc) is 3.52. The minimum Gasteiger partial charge on any atom is -0.458 e. The van der Waals surface area contributed by atoms with Crippen LogP contribution in [0.25, 0.3) is 0 Å². The van der Waals surface area contributed by atoms with Crippen LogP contribution in [-0.2, 0) is 26.4 Å². The number of ether oxygens (including phenoxy) is 1. The van der Waals surface area contributed by atoms with Crippen LogP contribution in [0.2, 0.25) is 0 Å². The third-order valence-corrected chi connectivity index (χ3v) is 13.3. The Balaban J connectivity index is 1.59. The predicted octanol–water partition coefficient (Wildman–Crippen LogP) is 4.50. The van der Waals surface area contributed by atoms with Crippen LogP contribution in [-0.4, -0.2) is 50.6 Å². The maximum Gasteiger partial charge on any atom is 0.303 e. The molecule has 1 aromatic heterocycles. The number of carbonyl (C=O) groups is 2. The smallest absolute Gasteiger partial charge is 0.303 e. The van der Waals surface area contributed by atoms with E-state index in [0.717, 1.165) is 48.9 Å². The lowest BCUT2D eigenvalue weighted by molar-refractivity contribution is -0.831. The molecule has 10 atom stereocenters. The van der Waals surface area contributed by atoms with Crippen molar-refractivity contribution >= 4 is 11.8 Å². The summed E-state index contributed by atoms with van der Waals surface area (Å²) in [6.07, 6.45) is 7.30. The van der Waals surface area contributed by atoms with Gasteiger partial charge in [-0.1, -0.05) is 46.3 Å². The second kappa shape index (κ2) is 11.6. The van der Waals surface area contributed by atoms with Crippen molar-refractivity contribution in [3.8, 4) is 0 Å². The first-order valence-electron chi connectivity index (χ1n) is 17.0. The third-order valence-electron chi connectivity index (χ3n) is 13.3. The van der Waals surface area contributed by atoms with Gasteiger partial charge in [-0.3, -0.25) is 9.59 Å². The highest BCUT2D eigenvalue weighted by Crippen LogP contribution is 2.75. The molecule has 9 heteroatoms. The van der Waals surface area contributed by atoms with Gasteiger partial charge in [0, 0.05) is 17.9 Å². The molecule has 0 spiro atoms. The number of carbonyl (C=O) groups excluding carboxylic acids is 2. The Hall–Kier alpha value is -2.10. The molecule has 0 bridgehead atoms. The van der Waals surface area contributed by atoms with Crippen molar-refractivity contribution in [3.05, 3.63) is 23.0 Å². The molecule has 0 unspecified atom stereocenters. The minimum absolute atomic E-state index is 0.0293. The van der Waals surface area contributed by atoms with E-state index in [-0.39, 0.29) is 45.8 Å². The van der Waals surface area contributed by atoms with Crippen LogP contribution >= 0.6 is 0 Å². The van der Waals surface area contributed by atoms with Gasteiger partial charge in [-0.15, -0.1) is 0 Å². The first-order chi connectivity index (χ1) is 20.5. The summed E-state index contributed by atoms with van der Waals surface area (Å²) in [6.45, 7) is 17.0. The van der Waals surface area contributed by atoms with Crippen LogP contribution in [0.5, 0.6) is 0 Å². The molecule has 0 radical (unpaired) electrons. The third kappa shape index (κ3) is 4.91. The Morgan fingerprint density at radius 2 is 1.84 bits per heavy atom. The number of nitrogens with zero attached hydrogens (tertiary/aromatic N) is 2. The van der Waals surface area contributed by atoms with E-state index in [0.29, 0.717) is 38.1 Å². The lowest BCUT2D eigenvalue weighted by atomic mass is 9.35. The van der Waals surface area contributed by atoms with Crippen LogP contribution in [0.15, 0.2) is 17.3 Å². The molecule has 1 heterocycles. The Labute approximate surface area is 263 Å². The molecule has 5 N–H and O–H groups in total. The normalized spacial score (nSPS) is 42.8. The number of aromatic nitrogens is 3. The second-order valence-electron chi connectivity index (χ2n) is 16.0. The second-order valence-corrected chi connectivity index (χ2v) is 16.0. The van der Waals surface area contributed by atoms with Crippen LogP contribution in [0.4, 0.5) is 0 Å². The maximum absolute atomic E-state index is 13.3. The van der Waals surface area contributed by atoms with Crippen molar-refractivity contribution in [2.75, 3.05) is 0 Å². The number of allylic oxidation sites excluding steroid dienone is 1. The molecule has 4 fully saturated rings. The summed E-state index contributed by atoms with van der Waals surface area (Å²) in [5.74, 6) is 0.276. The molecule has 4 saturated carbocycles. The quantitative estimate of drug-likeness (QED) is 0.192. The number of H-pyrrole nitrogens is 1. The van der Waals surface area contributed by atoms with Crippen LogP contribution < -0.4 is 10.4 Å². The van der Waals surface area contributed by atoms with Gasteiger partial charge in [0.2, 0.25) is 5.69 Å². The van der Waals surface area contributed by atoms with E-state index in [1.165, 1.54) is 6.92 Å². The first kappa shape index (κ1) is 33.3. The Kier molecular flexibility index (Phi) is 8.78. The summed E-state index contributed by atoms with van der Waals surface area (Å²) in [5, 5.41) is 31.4. The zero-order chi connectivity index (χ0) is 32.4. The van der Waals surface area contributed by atoms with Gasteiger partial charge in [-0.25, -0.2) is 0 Å². The number of nitrogens with one attached hydrogen (secondary N) is 1. The fraction of sp³-hybridized carbons (Fsp3) is 0.829. The number of aromatic amines is 1. The molecule has 0 aromatic carbocycles. The van der Waals surface area contributed by atoms with E-state index < -0.39 is 23.9 Å². The predicted molar refractivity (Wildman–Crippen MR) is 167 cm³/mol. The fourth-order valence-corrected chi connectivity index (χ4v) is 11.2. The van der Waals surface area contributed by atoms with Gasteiger partial charge in [-0.2, -0.15) is 4.68 Å². The molecule has 4 aliphatic carbocycles. The van der Waals surface area contributed by atoms with Gasteiger partial charge < -0.3 is 20.7 Å². The zero-order valence-corrected chi connectivity index (χ0v) is 28.3. The number of rotatable bonds is 8. The average molecular weight is 614 g/mol. The van der Waals surface area contributed by atoms with Gasteiger partial charge in [0.05, 0.1) is 18.8 Å². The lowest BCUT2D eigenvalue weighted by Gasteiger charge is -2.69. The molecule has 44 heavy (non-hydrogen) atoms. The highest BCUT2D eigenvalue weighted by molar-refractivity contribution is 5.94. The Bertz CT molecular complexity index is 1310. The highest BCUT2D eigenvalue weighted by Gasteiger charge is 2.73. The summed E-state index contributed by atoms with van der Waals surface area (Å²) >= 11 is 0. The molecule has 5 rings (SSSR count). The molecule has 246 valence electrons. The van der Waals surface area contributed by atoms with Crippen molar-refractivity contribution in [2.24, 2.45) is 45.7 Å². The number of nitrogens with two attached hydrogens (primary N) is 1. The number of aliphatic hydroxyl groups excluding tert-OH is 2. The molecule has 0 aliphatic heterocycles. The van der Waals surface area contributed by atoms with E-state index in [1.807, 2.05) is 10.9 Å². The van der Waals surface area contributed by atoms with Gasteiger partial charge in [0.1, 0.15) is 6.10 Å². The van der Waals surface area contributed by atoms with E-state index in [1.54, 1.807) is 6.92 Å². The maximum atomic E-state index is 13.3. The molecular weight excluding hydrogens is 556 g/mol. The van der Waals surface area contributed by atoms with E-state index in [9.17, 15) is 19.8 Å². The van der Waals surface area contributed by atoms with Gasteiger partial charge in [0.15, 0.2) is 17.5 Å². The van der Waals surface area contributed by atoms with Crippen molar-refractivity contribution in [3.63, 3.8) is 0 Å². The van der Waals surface area contributed by atoms with Crippen LogP contribution in [0.3, 0.4) is 0 Å². The molecular formula is C35H57N4O5+. The summed E-state index contributed by atoms with van der Waals surface area (Å²) in [6, 6.07) is 0. The Morgan fingerprint density at radius 1 is 1.14 bits per heavy atom. The Morgan fingerprint density at radius 3 is 2.43 bits per heavy atom. The van der Waals surface area contributed by atoms with E-state index in [4.69, 9.17) is 10.5 Å². The molecule has 4 aliphatic rings. The van der Waals surface area contributed by atoms with Gasteiger partial charge in [0.25, 0.3) is 0 Å². The van der Waals surface area contributed by atoms with Crippen molar-refractivity contribution in [2.45, 2.75) is 144 Å². The van der Waals surface area contributed by atoms with Gasteiger partial charge >= 0.3 is 5.97 Å². The number of esters is 1. The minimum atomic E-state index is -0.633. The fourth-order valence-electron chi connectivity index (χ4n) is 11.2. The van der Waals surface area contributed by atoms with Gasteiger partial charge in [-0.05, 0) is 110 Å². The number of hydrogen-bond donors (Lipinski definition) is 4. The van der Waals surface area contributed by atoms with Crippen LogP contribution in [0.1, 0.15) is 119 Å². The highest BCUT2D eigenvalue weighted by atomic mass is 16.5. The topological polar surface area (TPSA) is 142 Å². The standard InChI is InChI=1S/C35H56N4O5/c1-20(2)10-9-11-24(21(3)40)30-25-16-26(42)31-32(5)14-13-29(43)35(8,39-19-23(18-36)37-38-39)28(32)12-15-33(31,6)34(25,7)17-27(30)44-22(4)41/h19-20,25-29,31,42-43H,9-18,36H2,1-8H3/p+1/b30-24-/t25-,26+,27-,28+,29+,31-,32-,33-,34-,35+/m0/s1. The number of fused-ring (bicyclic) bond motifs is 5. The van der Waals surface area contributed by atoms with Crippen LogP contribution in [0, 0.1) is 39.9 Å². The zero-order valence-electron chi connectivity index (χ0n) is 28.3. The van der Waals surface area contributed by atoms with E-state index in [2.05, 4.69) is 51.9 Å². The van der Waals surface area contributed by atoms with E-state index >= 15 is 0 Å².